The maximum atomic E-state index is 12.3. The molecule has 0 radical (unpaired) electrons. The molecule has 0 spiro atoms. The number of benzene rings is 1. The van der Waals surface area contributed by atoms with E-state index in [1.807, 2.05) is 19.0 Å². The largest absolute Gasteiger partial charge is 0.462 e. The number of hydrogen-bond donors (Lipinski definition) is 2. The molecule has 0 bridgehead atoms. The van der Waals surface area contributed by atoms with Gasteiger partial charge in [-0.25, -0.2) is 14.8 Å². The van der Waals surface area contributed by atoms with Crippen molar-refractivity contribution in [2.75, 3.05) is 44.4 Å². The van der Waals surface area contributed by atoms with Crippen molar-refractivity contribution >= 4 is 23.5 Å². The van der Waals surface area contributed by atoms with Gasteiger partial charge in [0.25, 0.3) is 5.91 Å². The maximum Gasteiger partial charge on any atom is 0.338 e. The number of nitrogens with one attached hydrogen (secondary N) is 2. The van der Waals surface area contributed by atoms with Gasteiger partial charge in [0.05, 0.1) is 12.2 Å². The molecule has 1 aromatic heterocycles. The Morgan fingerprint density at radius 3 is 2.54 bits per heavy atom. The lowest BCUT2D eigenvalue weighted by Gasteiger charge is -2.11. The average Bonchev–Trinajstić information content (AvgIpc) is 2.62. The van der Waals surface area contributed by atoms with E-state index < -0.39 is 5.97 Å². The van der Waals surface area contributed by atoms with Crippen LogP contribution in [0.5, 0.6) is 0 Å². The van der Waals surface area contributed by atoms with E-state index >= 15 is 0 Å². The molecule has 1 aromatic carbocycles. The summed E-state index contributed by atoms with van der Waals surface area (Å²) in [6.45, 7) is 3.56. The predicted octanol–water partition coefficient (Wildman–Crippen LogP) is 1.88. The zero-order valence-corrected chi connectivity index (χ0v) is 15.2. The van der Waals surface area contributed by atoms with Crippen LogP contribution in [-0.2, 0) is 4.74 Å². The van der Waals surface area contributed by atoms with Crippen molar-refractivity contribution in [1.29, 1.82) is 0 Å². The molecule has 2 N–H and O–H groups in total. The fourth-order valence-corrected chi connectivity index (χ4v) is 2.06. The molecule has 0 atom stereocenters. The molecule has 0 aliphatic rings. The zero-order chi connectivity index (χ0) is 18.9. The quantitative estimate of drug-likeness (QED) is 0.696. The van der Waals surface area contributed by atoms with Gasteiger partial charge in [-0.2, -0.15) is 0 Å². The van der Waals surface area contributed by atoms with Gasteiger partial charge in [0.2, 0.25) is 5.95 Å². The number of amides is 1. The lowest BCUT2D eigenvalue weighted by molar-refractivity contribution is 0.0526. The van der Waals surface area contributed by atoms with E-state index in [1.54, 1.807) is 37.3 Å². The molecule has 0 aliphatic carbocycles. The van der Waals surface area contributed by atoms with Crippen molar-refractivity contribution in [3.63, 3.8) is 0 Å². The van der Waals surface area contributed by atoms with Crippen molar-refractivity contribution in [1.82, 2.24) is 14.9 Å². The number of esters is 1. The number of anilines is 2. The zero-order valence-electron chi connectivity index (χ0n) is 15.2. The third-order valence-electron chi connectivity index (χ3n) is 3.38. The maximum absolute atomic E-state index is 12.3. The van der Waals surface area contributed by atoms with Crippen LogP contribution in [0, 0.1) is 0 Å². The summed E-state index contributed by atoms with van der Waals surface area (Å²) in [5, 5.41) is 5.81. The van der Waals surface area contributed by atoms with Crippen LogP contribution < -0.4 is 10.6 Å². The molecule has 138 valence electrons. The number of ether oxygens (including phenoxy) is 1. The first kappa shape index (κ1) is 19.3. The van der Waals surface area contributed by atoms with Gasteiger partial charge in [-0.05, 0) is 51.4 Å². The van der Waals surface area contributed by atoms with Crippen LogP contribution >= 0.6 is 0 Å². The lowest BCUT2D eigenvalue weighted by atomic mass is 10.2. The molecule has 0 saturated carbocycles. The van der Waals surface area contributed by atoms with Crippen molar-refractivity contribution < 1.29 is 14.3 Å². The third-order valence-corrected chi connectivity index (χ3v) is 3.38. The second-order valence-electron chi connectivity index (χ2n) is 5.75. The highest BCUT2D eigenvalue weighted by Gasteiger charge is 2.11. The smallest absolute Gasteiger partial charge is 0.338 e. The number of aromatic nitrogens is 2. The molecule has 2 rings (SSSR count). The molecular formula is C18H23N5O3. The fraction of sp³-hybridized carbons (Fsp3) is 0.333. The third kappa shape index (κ3) is 5.82. The minimum Gasteiger partial charge on any atom is -0.462 e. The molecule has 0 saturated heterocycles. The summed E-state index contributed by atoms with van der Waals surface area (Å²) in [5.41, 5.74) is 1.24. The highest BCUT2D eigenvalue weighted by atomic mass is 16.5. The minimum absolute atomic E-state index is 0.252. The predicted molar refractivity (Wildman–Crippen MR) is 99.4 cm³/mol. The van der Waals surface area contributed by atoms with Gasteiger partial charge < -0.3 is 20.3 Å². The molecule has 8 nitrogen and oxygen atoms in total. The summed E-state index contributed by atoms with van der Waals surface area (Å²) in [5.74, 6) is -0.348. The van der Waals surface area contributed by atoms with E-state index in [9.17, 15) is 9.59 Å². The Hall–Kier alpha value is -3.00. The highest BCUT2D eigenvalue weighted by molar-refractivity contribution is 6.03. The van der Waals surface area contributed by atoms with E-state index in [-0.39, 0.29) is 11.6 Å². The van der Waals surface area contributed by atoms with Crippen LogP contribution in [0.1, 0.15) is 27.8 Å². The standard InChI is InChI=1S/C18H23N5O3/c1-4-26-17(25)13-5-7-14(8-6-13)21-16(24)15-9-10-19-18(22-15)20-11-12-23(2)3/h5-10H,4,11-12H2,1-3H3,(H,21,24)(H,19,20,22). The first-order valence-corrected chi connectivity index (χ1v) is 8.29. The van der Waals surface area contributed by atoms with Crippen LogP contribution in [0.2, 0.25) is 0 Å². The summed E-state index contributed by atoms with van der Waals surface area (Å²) < 4.78 is 4.93. The fourth-order valence-electron chi connectivity index (χ4n) is 2.06. The number of hydrogen-bond acceptors (Lipinski definition) is 7. The van der Waals surface area contributed by atoms with Crippen molar-refractivity contribution in [2.24, 2.45) is 0 Å². The van der Waals surface area contributed by atoms with Gasteiger partial charge in [-0.15, -0.1) is 0 Å². The molecule has 2 aromatic rings. The van der Waals surface area contributed by atoms with Gasteiger partial charge in [0.1, 0.15) is 5.69 Å². The minimum atomic E-state index is -0.394. The normalized spacial score (nSPS) is 10.5. The summed E-state index contributed by atoms with van der Waals surface area (Å²) in [6.07, 6.45) is 1.53. The van der Waals surface area contributed by atoms with Crippen LogP contribution in [0.3, 0.4) is 0 Å². The summed E-state index contributed by atoms with van der Waals surface area (Å²) in [4.78, 5) is 34.3. The van der Waals surface area contributed by atoms with E-state index in [0.717, 1.165) is 6.54 Å². The first-order chi connectivity index (χ1) is 12.5. The Labute approximate surface area is 152 Å². The molecule has 1 heterocycles. The SMILES string of the molecule is CCOC(=O)c1ccc(NC(=O)c2ccnc(NCCN(C)C)n2)cc1. The molecule has 8 heteroatoms. The average molecular weight is 357 g/mol. The second-order valence-corrected chi connectivity index (χ2v) is 5.75. The Bertz CT molecular complexity index is 747. The lowest BCUT2D eigenvalue weighted by Crippen LogP contribution is -2.22. The van der Waals surface area contributed by atoms with E-state index in [4.69, 9.17) is 4.74 Å². The number of nitrogens with zero attached hydrogens (tertiary/aromatic N) is 3. The highest BCUT2D eigenvalue weighted by Crippen LogP contribution is 2.12. The van der Waals surface area contributed by atoms with E-state index in [1.165, 1.54) is 6.20 Å². The molecule has 0 unspecified atom stereocenters. The summed E-state index contributed by atoms with van der Waals surface area (Å²) in [6, 6.07) is 8.02. The first-order valence-electron chi connectivity index (χ1n) is 8.29. The Morgan fingerprint density at radius 1 is 1.15 bits per heavy atom. The summed E-state index contributed by atoms with van der Waals surface area (Å²) >= 11 is 0. The van der Waals surface area contributed by atoms with Gasteiger partial charge >= 0.3 is 5.97 Å². The molecule has 0 aliphatic heterocycles. The number of carbonyl (C=O) groups is 2. The van der Waals surface area contributed by atoms with Gasteiger partial charge in [0, 0.05) is 25.0 Å². The number of carbonyl (C=O) groups excluding carboxylic acids is 2. The number of rotatable bonds is 8. The Morgan fingerprint density at radius 2 is 1.88 bits per heavy atom. The molecule has 1 amide bonds. The molecule has 26 heavy (non-hydrogen) atoms. The molecular weight excluding hydrogens is 334 g/mol. The number of likely N-dealkylation sites (N-methyl/N-ethyl adjacent to an activating group) is 1. The monoisotopic (exact) mass is 357 g/mol. The second kappa shape index (κ2) is 9.47. The molecule has 0 fully saturated rings. The van der Waals surface area contributed by atoms with Gasteiger partial charge in [-0.3, -0.25) is 4.79 Å². The van der Waals surface area contributed by atoms with E-state index in [2.05, 4.69) is 20.6 Å². The van der Waals surface area contributed by atoms with Gasteiger partial charge in [0.15, 0.2) is 0 Å². The summed E-state index contributed by atoms with van der Waals surface area (Å²) in [7, 11) is 3.94. The van der Waals surface area contributed by atoms with Crippen molar-refractivity contribution in [3.8, 4) is 0 Å². The van der Waals surface area contributed by atoms with Gasteiger partial charge in [-0.1, -0.05) is 0 Å². The van der Waals surface area contributed by atoms with Crippen LogP contribution in [0.15, 0.2) is 36.5 Å². The van der Waals surface area contributed by atoms with Crippen LogP contribution in [0.25, 0.3) is 0 Å². The van der Waals surface area contributed by atoms with Crippen LogP contribution in [0.4, 0.5) is 11.6 Å². The Balaban J connectivity index is 1.97. The van der Waals surface area contributed by atoms with E-state index in [0.29, 0.717) is 30.4 Å². The Kier molecular flexibility index (Phi) is 7.04. The van der Waals surface area contributed by atoms with Crippen molar-refractivity contribution in [3.05, 3.63) is 47.8 Å². The topological polar surface area (TPSA) is 96.4 Å². The van der Waals surface area contributed by atoms with Crippen molar-refractivity contribution in [2.45, 2.75) is 6.92 Å². The van der Waals surface area contributed by atoms with Crippen LogP contribution in [-0.4, -0.2) is 60.5 Å².